The molecule has 2 atom stereocenters. The van der Waals surface area contributed by atoms with E-state index in [0.717, 1.165) is 19.3 Å². The van der Waals surface area contributed by atoms with Gasteiger partial charge in [-0.3, -0.25) is 9.59 Å². The van der Waals surface area contributed by atoms with Gasteiger partial charge in [-0.2, -0.15) is 0 Å². The molecule has 108 valence electrons. The van der Waals surface area contributed by atoms with Crippen LogP contribution in [0.1, 0.15) is 33.1 Å². The second kappa shape index (κ2) is 6.52. The fourth-order valence-electron chi connectivity index (χ4n) is 2.45. The minimum Gasteiger partial charge on any atom is -0.326 e. The fourth-order valence-corrected chi connectivity index (χ4v) is 2.45. The molecular formula is C15H21N3O2. The minimum absolute atomic E-state index is 0.0171. The molecule has 1 saturated heterocycles. The van der Waals surface area contributed by atoms with E-state index in [9.17, 15) is 9.59 Å². The monoisotopic (exact) mass is 275 g/mol. The largest absolute Gasteiger partial charge is 0.326 e. The Morgan fingerprint density at radius 2 is 1.90 bits per heavy atom. The van der Waals surface area contributed by atoms with Gasteiger partial charge in [-0.05, 0) is 44.4 Å². The molecule has 1 aliphatic heterocycles. The molecule has 0 spiro atoms. The number of carbonyl (C=O) groups is 2. The van der Waals surface area contributed by atoms with E-state index >= 15 is 0 Å². The molecule has 0 aromatic heterocycles. The van der Waals surface area contributed by atoms with Crippen LogP contribution >= 0.6 is 0 Å². The van der Waals surface area contributed by atoms with E-state index in [1.54, 1.807) is 18.2 Å². The van der Waals surface area contributed by atoms with Crippen molar-refractivity contribution in [3.05, 3.63) is 24.3 Å². The first-order valence-corrected chi connectivity index (χ1v) is 6.99. The number of hydrogen-bond donors (Lipinski definition) is 3. The molecule has 0 saturated carbocycles. The Labute approximate surface area is 119 Å². The highest BCUT2D eigenvalue weighted by atomic mass is 16.2. The van der Waals surface area contributed by atoms with Crippen LogP contribution in [0.15, 0.2) is 24.3 Å². The lowest BCUT2D eigenvalue weighted by molar-refractivity contribution is -0.119. The van der Waals surface area contributed by atoms with Crippen molar-refractivity contribution in [2.45, 2.75) is 45.2 Å². The molecular weight excluding hydrogens is 254 g/mol. The third-order valence-corrected chi connectivity index (χ3v) is 3.38. The van der Waals surface area contributed by atoms with Crippen molar-refractivity contribution in [2.75, 3.05) is 10.6 Å². The molecule has 5 nitrogen and oxygen atoms in total. The SMILES string of the molecule is CC(=O)Nc1cccc(NC(=O)C2CCCC(C)N2)c1. The standard InChI is InChI=1S/C15H21N3O2/c1-10-5-3-8-14(16-10)15(20)18-13-7-4-6-12(9-13)17-11(2)19/h4,6-7,9-10,14,16H,3,5,8H2,1-2H3,(H,17,19)(H,18,20). The van der Waals surface area contributed by atoms with Gasteiger partial charge in [0.1, 0.15) is 0 Å². The summed E-state index contributed by atoms with van der Waals surface area (Å²) in [6.45, 7) is 3.55. The number of anilines is 2. The lowest BCUT2D eigenvalue weighted by atomic mass is 9.99. The number of amides is 2. The molecule has 0 aliphatic carbocycles. The molecule has 1 aliphatic rings. The summed E-state index contributed by atoms with van der Waals surface area (Å²) in [6.07, 6.45) is 3.04. The average Bonchev–Trinajstić information content (AvgIpc) is 2.38. The minimum atomic E-state index is -0.136. The quantitative estimate of drug-likeness (QED) is 0.791. The van der Waals surface area contributed by atoms with E-state index < -0.39 is 0 Å². The summed E-state index contributed by atoms with van der Waals surface area (Å²) in [7, 11) is 0. The molecule has 1 heterocycles. The molecule has 2 amide bonds. The van der Waals surface area contributed by atoms with E-state index in [-0.39, 0.29) is 17.9 Å². The van der Waals surface area contributed by atoms with Crippen LogP contribution in [0.3, 0.4) is 0 Å². The molecule has 1 aromatic rings. The molecule has 2 unspecified atom stereocenters. The van der Waals surface area contributed by atoms with Gasteiger partial charge in [-0.15, -0.1) is 0 Å². The van der Waals surface area contributed by atoms with Crippen molar-refractivity contribution >= 4 is 23.2 Å². The summed E-state index contributed by atoms with van der Waals surface area (Å²) in [5, 5.41) is 8.89. The van der Waals surface area contributed by atoms with Crippen LogP contribution in [0.25, 0.3) is 0 Å². The van der Waals surface area contributed by atoms with E-state index in [2.05, 4.69) is 22.9 Å². The maximum atomic E-state index is 12.2. The number of carbonyl (C=O) groups excluding carboxylic acids is 2. The van der Waals surface area contributed by atoms with Crippen molar-refractivity contribution in [1.29, 1.82) is 0 Å². The second-order valence-corrected chi connectivity index (χ2v) is 5.30. The number of nitrogens with one attached hydrogen (secondary N) is 3. The van der Waals surface area contributed by atoms with Crippen LogP contribution in [0.2, 0.25) is 0 Å². The summed E-state index contributed by atoms with van der Waals surface area (Å²) in [6, 6.07) is 7.41. The Hall–Kier alpha value is -1.88. The highest BCUT2D eigenvalue weighted by Gasteiger charge is 2.24. The smallest absolute Gasteiger partial charge is 0.241 e. The van der Waals surface area contributed by atoms with E-state index in [0.29, 0.717) is 17.4 Å². The zero-order chi connectivity index (χ0) is 14.5. The van der Waals surface area contributed by atoms with E-state index in [4.69, 9.17) is 0 Å². The van der Waals surface area contributed by atoms with Gasteiger partial charge in [0.15, 0.2) is 0 Å². The van der Waals surface area contributed by atoms with Crippen LogP contribution in [0.4, 0.5) is 11.4 Å². The Morgan fingerprint density at radius 3 is 2.55 bits per heavy atom. The predicted octanol–water partition coefficient (Wildman–Crippen LogP) is 2.11. The third kappa shape index (κ3) is 4.06. The molecule has 0 radical (unpaired) electrons. The molecule has 20 heavy (non-hydrogen) atoms. The average molecular weight is 275 g/mol. The van der Waals surface area contributed by atoms with Gasteiger partial charge < -0.3 is 16.0 Å². The summed E-state index contributed by atoms with van der Waals surface area (Å²) < 4.78 is 0. The molecule has 5 heteroatoms. The number of rotatable bonds is 3. The van der Waals surface area contributed by atoms with Crippen LogP contribution in [0, 0.1) is 0 Å². The van der Waals surface area contributed by atoms with Crippen molar-refractivity contribution in [2.24, 2.45) is 0 Å². The van der Waals surface area contributed by atoms with Crippen molar-refractivity contribution in [3.8, 4) is 0 Å². The molecule has 2 rings (SSSR count). The summed E-state index contributed by atoms with van der Waals surface area (Å²) in [4.78, 5) is 23.2. The van der Waals surface area contributed by atoms with Gasteiger partial charge >= 0.3 is 0 Å². The van der Waals surface area contributed by atoms with E-state index in [1.165, 1.54) is 6.92 Å². The fraction of sp³-hybridized carbons (Fsp3) is 0.467. The third-order valence-electron chi connectivity index (χ3n) is 3.38. The van der Waals surface area contributed by atoms with Crippen molar-refractivity contribution in [1.82, 2.24) is 5.32 Å². The first kappa shape index (κ1) is 14.5. The van der Waals surface area contributed by atoms with Gasteiger partial charge in [-0.1, -0.05) is 6.07 Å². The normalized spacial score (nSPS) is 22.1. The first-order chi connectivity index (χ1) is 9.54. The van der Waals surface area contributed by atoms with Gasteiger partial charge in [-0.25, -0.2) is 0 Å². The van der Waals surface area contributed by atoms with Gasteiger partial charge in [0.2, 0.25) is 11.8 Å². The van der Waals surface area contributed by atoms with Crippen LogP contribution in [-0.4, -0.2) is 23.9 Å². The maximum absolute atomic E-state index is 12.2. The second-order valence-electron chi connectivity index (χ2n) is 5.30. The van der Waals surface area contributed by atoms with Crippen molar-refractivity contribution < 1.29 is 9.59 Å². The van der Waals surface area contributed by atoms with Crippen LogP contribution in [0.5, 0.6) is 0 Å². The van der Waals surface area contributed by atoms with Crippen molar-refractivity contribution in [3.63, 3.8) is 0 Å². The predicted molar refractivity (Wildman–Crippen MR) is 79.6 cm³/mol. The number of benzene rings is 1. The number of hydrogen-bond acceptors (Lipinski definition) is 3. The maximum Gasteiger partial charge on any atom is 0.241 e. The molecule has 1 fully saturated rings. The zero-order valence-corrected chi connectivity index (χ0v) is 11.9. The lowest BCUT2D eigenvalue weighted by Crippen LogP contribution is -2.47. The van der Waals surface area contributed by atoms with Crippen LogP contribution in [-0.2, 0) is 9.59 Å². The first-order valence-electron chi connectivity index (χ1n) is 6.99. The topological polar surface area (TPSA) is 70.2 Å². The molecule has 1 aromatic carbocycles. The Bertz CT molecular complexity index is 502. The summed E-state index contributed by atoms with van der Waals surface area (Å²) in [5.74, 6) is -0.146. The lowest BCUT2D eigenvalue weighted by Gasteiger charge is -2.27. The highest BCUT2D eigenvalue weighted by Crippen LogP contribution is 2.17. The summed E-state index contributed by atoms with van der Waals surface area (Å²) >= 11 is 0. The van der Waals surface area contributed by atoms with Gasteiger partial charge in [0, 0.05) is 24.3 Å². The zero-order valence-electron chi connectivity index (χ0n) is 11.9. The summed E-state index contributed by atoms with van der Waals surface area (Å²) in [5.41, 5.74) is 1.38. The highest BCUT2D eigenvalue weighted by molar-refractivity contribution is 5.96. The Kier molecular flexibility index (Phi) is 4.74. The molecule has 3 N–H and O–H groups in total. The van der Waals surface area contributed by atoms with E-state index in [1.807, 2.05) is 6.07 Å². The molecule has 0 bridgehead atoms. The van der Waals surface area contributed by atoms with Gasteiger partial charge in [0.05, 0.1) is 6.04 Å². The van der Waals surface area contributed by atoms with Gasteiger partial charge in [0.25, 0.3) is 0 Å². The Morgan fingerprint density at radius 1 is 1.20 bits per heavy atom. The van der Waals surface area contributed by atoms with Crippen LogP contribution < -0.4 is 16.0 Å². The number of piperidine rings is 1. The Balaban J connectivity index is 1.98.